The lowest BCUT2D eigenvalue weighted by atomic mass is 9.94. The number of aryl methyl sites for hydroxylation is 2. The Morgan fingerprint density at radius 1 is 1.28 bits per heavy atom. The Bertz CT molecular complexity index is 849. The lowest BCUT2D eigenvalue weighted by Gasteiger charge is -2.11. The van der Waals surface area contributed by atoms with Crippen LogP contribution in [0.1, 0.15) is 41.8 Å². The summed E-state index contributed by atoms with van der Waals surface area (Å²) in [5, 5.41) is 19.7. The Morgan fingerprint density at radius 3 is 3.08 bits per heavy atom. The van der Waals surface area contributed by atoms with Gasteiger partial charge in [-0.2, -0.15) is 10.2 Å². The van der Waals surface area contributed by atoms with Gasteiger partial charge in [0.2, 0.25) is 5.91 Å². The second kappa shape index (κ2) is 7.23. The van der Waals surface area contributed by atoms with Crippen LogP contribution in [0, 0.1) is 0 Å². The molecule has 3 heterocycles. The Kier molecular flexibility index (Phi) is 4.65. The van der Waals surface area contributed by atoms with Crippen molar-refractivity contribution >= 4 is 17.2 Å². The molecule has 0 radical (unpaired) electrons. The first-order valence-corrected chi connectivity index (χ1v) is 9.57. The van der Waals surface area contributed by atoms with Gasteiger partial charge in [-0.05, 0) is 42.7 Å². The summed E-state index contributed by atoms with van der Waals surface area (Å²) in [6.45, 7) is 0.487. The molecule has 6 nitrogen and oxygen atoms in total. The smallest absolute Gasteiger partial charge is 0.220 e. The standard InChI is InChI=1S/C18H21N5OS/c24-17(8-7-15-13-4-1-2-5-14(13)21-22-15)19-10-12-11-20-23-18(12)16-6-3-9-25-16/h3,6,9,11H,1-2,4-5,7-8,10H2,(H,19,24)(H,20,23)(H,21,22). The second-order valence-corrected chi connectivity index (χ2v) is 7.31. The van der Waals surface area contributed by atoms with Crippen molar-refractivity contribution in [1.82, 2.24) is 25.7 Å². The maximum atomic E-state index is 12.2. The number of carbonyl (C=O) groups is 1. The number of aromatic nitrogens is 4. The van der Waals surface area contributed by atoms with E-state index >= 15 is 0 Å². The van der Waals surface area contributed by atoms with Gasteiger partial charge in [-0.3, -0.25) is 15.0 Å². The Labute approximate surface area is 150 Å². The highest BCUT2D eigenvalue weighted by Gasteiger charge is 2.17. The van der Waals surface area contributed by atoms with Gasteiger partial charge in [0.1, 0.15) is 0 Å². The maximum Gasteiger partial charge on any atom is 0.220 e. The number of amides is 1. The van der Waals surface area contributed by atoms with E-state index in [-0.39, 0.29) is 5.91 Å². The van der Waals surface area contributed by atoms with E-state index in [9.17, 15) is 4.79 Å². The van der Waals surface area contributed by atoms with Crippen LogP contribution in [-0.2, 0) is 30.6 Å². The van der Waals surface area contributed by atoms with E-state index in [1.54, 1.807) is 17.5 Å². The predicted molar refractivity (Wildman–Crippen MR) is 97.3 cm³/mol. The molecule has 1 aliphatic rings. The van der Waals surface area contributed by atoms with Gasteiger partial charge < -0.3 is 5.32 Å². The minimum absolute atomic E-state index is 0.0471. The van der Waals surface area contributed by atoms with E-state index in [0.717, 1.165) is 34.7 Å². The van der Waals surface area contributed by atoms with Crippen molar-refractivity contribution in [3.63, 3.8) is 0 Å². The van der Waals surface area contributed by atoms with Crippen LogP contribution in [0.4, 0.5) is 0 Å². The molecule has 7 heteroatoms. The van der Waals surface area contributed by atoms with Crippen LogP contribution in [0.25, 0.3) is 10.6 Å². The number of hydrogen-bond donors (Lipinski definition) is 3. The highest BCUT2D eigenvalue weighted by atomic mass is 32.1. The summed E-state index contributed by atoms with van der Waals surface area (Å²) in [5.74, 6) is 0.0471. The summed E-state index contributed by atoms with van der Waals surface area (Å²) in [6.07, 6.45) is 7.55. The lowest BCUT2D eigenvalue weighted by molar-refractivity contribution is -0.121. The molecule has 3 N–H and O–H groups in total. The molecular formula is C18H21N5OS. The van der Waals surface area contributed by atoms with Gasteiger partial charge in [-0.15, -0.1) is 11.3 Å². The summed E-state index contributed by atoms with van der Waals surface area (Å²) in [4.78, 5) is 13.4. The van der Waals surface area contributed by atoms with Crippen molar-refractivity contribution in [1.29, 1.82) is 0 Å². The second-order valence-electron chi connectivity index (χ2n) is 6.36. The molecule has 0 unspecified atom stereocenters. The van der Waals surface area contributed by atoms with E-state index in [0.29, 0.717) is 19.4 Å². The fourth-order valence-corrected chi connectivity index (χ4v) is 4.11. The van der Waals surface area contributed by atoms with E-state index < -0.39 is 0 Å². The molecule has 0 atom stereocenters. The van der Waals surface area contributed by atoms with Crippen LogP contribution >= 0.6 is 11.3 Å². The van der Waals surface area contributed by atoms with Crippen molar-refractivity contribution in [2.24, 2.45) is 0 Å². The zero-order valence-electron chi connectivity index (χ0n) is 14.0. The minimum Gasteiger partial charge on any atom is -0.352 e. The molecule has 0 saturated heterocycles. The highest BCUT2D eigenvalue weighted by Crippen LogP contribution is 2.26. The Morgan fingerprint density at radius 2 is 2.20 bits per heavy atom. The predicted octanol–water partition coefficient (Wildman–Crippen LogP) is 2.99. The quantitative estimate of drug-likeness (QED) is 0.635. The third kappa shape index (κ3) is 3.51. The van der Waals surface area contributed by atoms with E-state index in [1.807, 2.05) is 17.5 Å². The molecule has 0 saturated carbocycles. The van der Waals surface area contributed by atoms with Crippen molar-refractivity contribution in [3.8, 4) is 10.6 Å². The topological polar surface area (TPSA) is 86.5 Å². The SMILES string of the molecule is O=C(CCc1n[nH]c2c1CCCC2)NCc1cn[nH]c1-c1cccs1. The molecule has 3 aromatic rings. The zero-order chi connectivity index (χ0) is 17.1. The first-order chi connectivity index (χ1) is 12.3. The highest BCUT2D eigenvalue weighted by molar-refractivity contribution is 7.13. The van der Waals surface area contributed by atoms with Crippen LogP contribution in [0.5, 0.6) is 0 Å². The first-order valence-electron chi connectivity index (χ1n) is 8.69. The van der Waals surface area contributed by atoms with Crippen LogP contribution in [0.2, 0.25) is 0 Å². The lowest BCUT2D eigenvalue weighted by Crippen LogP contribution is -2.23. The van der Waals surface area contributed by atoms with Crippen molar-refractivity contribution in [2.45, 2.75) is 45.1 Å². The average molecular weight is 355 g/mol. The van der Waals surface area contributed by atoms with Crippen LogP contribution < -0.4 is 5.32 Å². The van der Waals surface area contributed by atoms with E-state index in [2.05, 4.69) is 25.7 Å². The van der Waals surface area contributed by atoms with Crippen LogP contribution in [0.15, 0.2) is 23.7 Å². The summed E-state index contributed by atoms with van der Waals surface area (Å²) in [6, 6.07) is 4.05. The summed E-state index contributed by atoms with van der Waals surface area (Å²) >= 11 is 1.65. The molecule has 3 aromatic heterocycles. The largest absolute Gasteiger partial charge is 0.352 e. The van der Waals surface area contributed by atoms with Crippen LogP contribution in [-0.4, -0.2) is 26.3 Å². The molecule has 1 amide bonds. The Hall–Kier alpha value is -2.41. The summed E-state index contributed by atoms with van der Waals surface area (Å²) in [5.41, 5.74) is 5.66. The maximum absolute atomic E-state index is 12.2. The molecule has 0 spiro atoms. The van der Waals surface area contributed by atoms with Gasteiger partial charge in [-0.1, -0.05) is 6.07 Å². The van der Waals surface area contributed by atoms with Gasteiger partial charge in [-0.25, -0.2) is 0 Å². The fraction of sp³-hybridized carbons (Fsp3) is 0.389. The number of thiophene rings is 1. The minimum atomic E-state index is 0.0471. The van der Waals surface area contributed by atoms with Gasteiger partial charge in [0.25, 0.3) is 0 Å². The number of aromatic amines is 2. The molecule has 25 heavy (non-hydrogen) atoms. The van der Waals surface area contributed by atoms with Gasteiger partial charge in [0, 0.05) is 30.6 Å². The first kappa shape index (κ1) is 16.1. The van der Waals surface area contributed by atoms with Gasteiger partial charge >= 0.3 is 0 Å². The average Bonchev–Trinajstić information content (AvgIpc) is 3.38. The van der Waals surface area contributed by atoms with Crippen LogP contribution in [0.3, 0.4) is 0 Å². The number of carbonyl (C=O) groups excluding carboxylic acids is 1. The molecule has 0 bridgehead atoms. The monoisotopic (exact) mass is 355 g/mol. The number of nitrogens with zero attached hydrogens (tertiary/aromatic N) is 2. The van der Waals surface area contributed by atoms with Crippen molar-refractivity contribution in [2.75, 3.05) is 0 Å². The third-order valence-electron chi connectivity index (χ3n) is 4.69. The number of nitrogens with one attached hydrogen (secondary N) is 3. The summed E-state index contributed by atoms with van der Waals surface area (Å²) < 4.78 is 0. The molecule has 0 aliphatic heterocycles. The molecule has 130 valence electrons. The van der Waals surface area contributed by atoms with E-state index in [4.69, 9.17) is 0 Å². The number of hydrogen-bond acceptors (Lipinski definition) is 4. The summed E-state index contributed by atoms with van der Waals surface area (Å²) in [7, 11) is 0. The fourth-order valence-electron chi connectivity index (χ4n) is 3.35. The molecule has 0 aromatic carbocycles. The van der Waals surface area contributed by atoms with Crippen molar-refractivity contribution in [3.05, 3.63) is 46.2 Å². The van der Waals surface area contributed by atoms with Gasteiger partial charge in [0.15, 0.2) is 0 Å². The molecule has 4 rings (SSSR count). The van der Waals surface area contributed by atoms with Gasteiger partial charge in [0.05, 0.1) is 22.5 Å². The number of rotatable bonds is 6. The zero-order valence-corrected chi connectivity index (χ0v) is 14.8. The number of fused-ring (bicyclic) bond motifs is 1. The van der Waals surface area contributed by atoms with E-state index in [1.165, 1.54) is 24.1 Å². The molecular weight excluding hydrogens is 334 g/mol. The molecule has 0 fully saturated rings. The number of H-pyrrole nitrogens is 2. The third-order valence-corrected chi connectivity index (χ3v) is 5.58. The van der Waals surface area contributed by atoms with Crippen molar-refractivity contribution < 1.29 is 4.79 Å². The molecule has 1 aliphatic carbocycles. The Balaban J connectivity index is 1.32. The normalized spacial score (nSPS) is 13.6.